The van der Waals surface area contributed by atoms with E-state index in [0.29, 0.717) is 43.5 Å². The maximum atomic E-state index is 12.8. The molecule has 4 rings (SSSR count). The fraction of sp³-hybridized carbons (Fsp3) is 0.522. The number of allylic oxidation sites excluding steroid dienone is 1. The second-order valence-electron chi connectivity index (χ2n) is 8.26. The fourth-order valence-electron chi connectivity index (χ4n) is 4.33. The number of benzene rings is 1. The van der Waals surface area contributed by atoms with E-state index in [0.717, 1.165) is 37.3 Å². The Labute approximate surface area is 178 Å². The summed E-state index contributed by atoms with van der Waals surface area (Å²) in [5, 5.41) is 2.76. The summed E-state index contributed by atoms with van der Waals surface area (Å²) in [4.78, 5) is 43.4. The van der Waals surface area contributed by atoms with Crippen LogP contribution < -0.4 is 5.32 Å². The van der Waals surface area contributed by atoms with Crippen molar-refractivity contribution in [1.82, 2.24) is 20.0 Å². The van der Waals surface area contributed by atoms with Crippen LogP contribution in [0.25, 0.3) is 0 Å². The van der Waals surface area contributed by atoms with Crippen LogP contribution in [0.1, 0.15) is 48.2 Å². The number of hydrogen-bond acceptors (Lipinski definition) is 4. The van der Waals surface area contributed by atoms with Crippen molar-refractivity contribution in [1.29, 1.82) is 0 Å². The van der Waals surface area contributed by atoms with Crippen LogP contribution in [0, 0.1) is 0 Å². The number of fused-ring (bicyclic) bond motifs is 1. The summed E-state index contributed by atoms with van der Waals surface area (Å²) < 4.78 is 0. The molecule has 0 radical (unpaired) electrons. The lowest BCUT2D eigenvalue weighted by molar-refractivity contribution is -0.132. The second-order valence-corrected chi connectivity index (χ2v) is 8.26. The van der Waals surface area contributed by atoms with Gasteiger partial charge in [-0.3, -0.25) is 14.4 Å². The highest BCUT2D eigenvalue weighted by Crippen LogP contribution is 2.29. The van der Waals surface area contributed by atoms with Crippen molar-refractivity contribution < 1.29 is 14.4 Å². The standard InChI is InChI=1S/C22H28N4O3.CH4/c1-15-3-7-19(21(28)23-15)26-14-17-13-16(4-6-18(17)22(26)29)5-8-20(27)25-11-9-24(2)10-12-25;/h4,6,13,19H,1,3,5,7-12,14H2,2H3,(H,23,28);1H4. The average molecular weight is 413 g/mol. The quantitative estimate of drug-likeness (QED) is 0.818. The first-order valence-corrected chi connectivity index (χ1v) is 10.3. The van der Waals surface area contributed by atoms with Gasteiger partial charge in [0.05, 0.1) is 0 Å². The molecule has 0 saturated carbocycles. The van der Waals surface area contributed by atoms with E-state index in [1.807, 2.05) is 23.1 Å². The first-order chi connectivity index (χ1) is 13.9. The van der Waals surface area contributed by atoms with E-state index in [9.17, 15) is 14.4 Å². The predicted molar refractivity (Wildman–Crippen MR) is 116 cm³/mol. The molecule has 0 bridgehead atoms. The minimum absolute atomic E-state index is 0. The molecule has 7 heteroatoms. The summed E-state index contributed by atoms with van der Waals surface area (Å²) in [7, 11) is 2.07. The number of carbonyl (C=O) groups excluding carboxylic acids is 3. The van der Waals surface area contributed by atoms with E-state index in [1.165, 1.54) is 0 Å². The monoisotopic (exact) mass is 412 g/mol. The van der Waals surface area contributed by atoms with Gasteiger partial charge in [0, 0.05) is 50.4 Å². The molecule has 1 unspecified atom stereocenters. The number of nitrogens with one attached hydrogen (secondary N) is 1. The molecule has 0 aromatic heterocycles. The minimum atomic E-state index is -0.442. The minimum Gasteiger partial charge on any atom is -0.340 e. The molecular formula is C23H32N4O3. The van der Waals surface area contributed by atoms with E-state index < -0.39 is 6.04 Å². The highest BCUT2D eigenvalue weighted by Gasteiger charge is 2.38. The molecule has 2 saturated heterocycles. The molecule has 3 heterocycles. The number of rotatable bonds is 4. The van der Waals surface area contributed by atoms with Gasteiger partial charge in [-0.1, -0.05) is 26.1 Å². The number of likely N-dealkylation sites (N-methyl/N-ethyl adjacent to an activating group) is 1. The zero-order valence-corrected chi connectivity index (χ0v) is 16.9. The van der Waals surface area contributed by atoms with Crippen molar-refractivity contribution in [2.75, 3.05) is 33.2 Å². The van der Waals surface area contributed by atoms with Gasteiger partial charge in [-0.15, -0.1) is 0 Å². The predicted octanol–water partition coefficient (Wildman–Crippen LogP) is 1.78. The van der Waals surface area contributed by atoms with E-state index >= 15 is 0 Å². The Morgan fingerprint density at radius 1 is 1.20 bits per heavy atom. The maximum Gasteiger partial charge on any atom is 0.255 e. The van der Waals surface area contributed by atoms with Crippen LogP contribution >= 0.6 is 0 Å². The van der Waals surface area contributed by atoms with Crippen molar-refractivity contribution in [2.24, 2.45) is 0 Å². The lowest BCUT2D eigenvalue weighted by atomic mass is 10.0. The number of piperazine rings is 1. The molecule has 1 atom stereocenters. The van der Waals surface area contributed by atoms with E-state index in [1.54, 1.807) is 4.90 Å². The average Bonchev–Trinajstić information content (AvgIpc) is 3.02. The largest absolute Gasteiger partial charge is 0.340 e. The van der Waals surface area contributed by atoms with Crippen molar-refractivity contribution in [3.63, 3.8) is 0 Å². The molecule has 1 aromatic rings. The van der Waals surface area contributed by atoms with Gasteiger partial charge in [0.2, 0.25) is 11.8 Å². The Morgan fingerprint density at radius 2 is 1.93 bits per heavy atom. The van der Waals surface area contributed by atoms with Gasteiger partial charge in [0.25, 0.3) is 5.91 Å². The Bertz CT molecular complexity index is 858. The smallest absolute Gasteiger partial charge is 0.255 e. The molecule has 30 heavy (non-hydrogen) atoms. The molecule has 7 nitrogen and oxygen atoms in total. The molecule has 162 valence electrons. The van der Waals surface area contributed by atoms with Gasteiger partial charge in [-0.05, 0) is 43.5 Å². The zero-order valence-electron chi connectivity index (χ0n) is 16.9. The van der Waals surface area contributed by atoms with E-state index in [2.05, 4.69) is 23.8 Å². The SMILES string of the molecule is C.C=C1CCC(N2Cc3cc(CCC(=O)N4CCN(C)CC4)ccc3C2=O)C(=O)N1. The van der Waals surface area contributed by atoms with Crippen LogP contribution in [0.5, 0.6) is 0 Å². The van der Waals surface area contributed by atoms with Gasteiger partial charge in [0.1, 0.15) is 6.04 Å². The van der Waals surface area contributed by atoms with Gasteiger partial charge >= 0.3 is 0 Å². The van der Waals surface area contributed by atoms with Crippen molar-refractivity contribution in [2.45, 2.75) is 45.7 Å². The Hall–Kier alpha value is -2.67. The molecule has 3 aliphatic rings. The fourth-order valence-corrected chi connectivity index (χ4v) is 4.33. The van der Waals surface area contributed by atoms with Crippen LogP contribution in [0.3, 0.4) is 0 Å². The van der Waals surface area contributed by atoms with Crippen molar-refractivity contribution in [3.05, 3.63) is 47.2 Å². The topological polar surface area (TPSA) is 73.0 Å². The summed E-state index contributed by atoms with van der Waals surface area (Å²) in [6.07, 6.45) is 2.44. The molecule has 1 N–H and O–H groups in total. The Kier molecular flexibility index (Phi) is 6.61. The second kappa shape index (κ2) is 9.00. The van der Waals surface area contributed by atoms with Crippen LogP contribution in [-0.2, 0) is 22.6 Å². The molecular weight excluding hydrogens is 380 g/mol. The molecule has 1 aromatic carbocycles. The van der Waals surface area contributed by atoms with E-state index in [4.69, 9.17) is 0 Å². The van der Waals surface area contributed by atoms with Gasteiger partial charge in [0.15, 0.2) is 0 Å². The molecule has 3 aliphatic heterocycles. The van der Waals surface area contributed by atoms with Crippen molar-refractivity contribution in [3.8, 4) is 0 Å². The number of amides is 3. The lowest BCUT2D eigenvalue weighted by Crippen LogP contribution is -2.49. The molecule has 3 amide bonds. The first kappa shape index (κ1) is 22.0. The highest BCUT2D eigenvalue weighted by atomic mass is 16.2. The van der Waals surface area contributed by atoms with Gasteiger partial charge in [-0.25, -0.2) is 0 Å². The molecule has 2 fully saturated rings. The number of nitrogens with zero attached hydrogens (tertiary/aromatic N) is 3. The summed E-state index contributed by atoms with van der Waals surface area (Å²) in [5.41, 5.74) is 3.37. The highest BCUT2D eigenvalue weighted by molar-refractivity contribution is 6.01. The van der Waals surface area contributed by atoms with Crippen LogP contribution in [0.4, 0.5) is 0 Å². The third kappa shape index (κ3) is 4.41. The number of piperidine rings is 1. The van der Waals surface area contributed by atoms with Gasteiger partial charge in [-0.2, -0.15) is 0 Å². The van der Waals surface area contributed by atoms with Crippen LogP contribution in [-0.4, -0.2) is 71.7 Å². The van der Waals surface area contributed by atoms with Crippen molar-refractivity contribution >= 4 is 17.7 Å². The van der Waals surface area contributed by atoms with Gasteiger partial charge < -0.3 is 20.0 Å². The Morgan fingerprint density at radius 3 is 2.63 bits per heavy atom. The molecule has 0 spiro atoms. The zero-order chi connectivity index (χ0) is 20.5. The summed E-state index contributed by atoms with van der Waals surface area (Å²) in [6.45, 7) is 7.67. The number of aryl methyl sites for hydroxylation is 1. The molecule has 0 aliphatic carbocycles. The maximum absolute atomic E-state index is 12.8. The summed E-state index contributed by atoms with van der Waals surface area (Å²) in [6, 6.07) is 5.35. The first-order valence-electron chi connectivity index (χ1n) is 10.3. The number of hydrogen-bond donors (Lipinski definition) is 1. The summed E-state index contributed by atoms with van der Waals surface area (Å²) in [5.74, 6) is -0.0523. The summed E-state index contributed by atoms with van der Waals surface area (Å²) >= 11 is 0. The third-order valence-corrected chi connectivity index (χ3v) is 6.18. The lowest BCUT2D eigenvalue weighted by Gasteiger charge is -2.32. The van der Waals surface area contributed by atoms with Crippen LogP contribution in [0.15, 0.2) is 30.5 Å². The third-order valence-electron chi connectivity index (χ3n) is 6.18. The number of carbonyl (C=O) groups is 3. The Balaban J connectivity index is 0.00000256. The van der Waals surface area contributed by atoms with Crippen LogP contribution in [0.2, 0.25) is 0 Å². The van der Waals surface area contributed by atoms with E-state index in [-0.39, 0.29) is 25.1 Å². The normalized spacial score (nSPS) is 21.9.